The summed E-state index contributed by atoms with van der Waals surface area (Å²) in [6.07, 6.45) is 0. The van der Waals surface area contributed by atoms with Gasteiger partial charge in [0, 0.05) is 16.1 Å². The molecule has 0 aromatic heterocycles. The molecule has 0 amide bonds. The zero-order chi connectivity index (χ0) is 15.1. The Morgan fingerprint density at radius 1 is 1.45 bits per heavy atom. The Morgan fingerprint density at radius 3 is 2.40 bits per heavy atom. The van der Waals surface area contributed by atoms with Crippen LogP contribution in [0.3, 0.4) is 0 Å². The lowest BCUT2D eigenvalue weighted by Crippen LogP contribution is -2.23. The number of sulfone groups is 1. The van der Waals surface area contributed by atoms with Gasteiger partial charge in [0.1, 0.15) is 5.25 Å². The first-order chi connectivity index (χ1) is 9.31. The molecule has 1 aliphatic carbocycles. The number of carbonyl (C=O) groups is 1. The molecule has 0 spiro atoms. The smallest absolute Gasteiger partial charge is 0.326 e. The molecular formula is C13H12BrNO4S. The lowest BCUT2D eigenvalue weighted by atomic mass is 10.0. The van der Waals surface area contributed by atoms with Crippen molar-refractivity contribution in [1.82, 2.24) is 0 Å². The molecule has 2 rings (SSSR count). The molecule has 106 valence electrons. The first kappa shape index (κ1) is 15.0. The number of aliphatic carboxylic acids is 1. The van der Waals surface area contributed by atoms with E-state index in [-0.39, 0.29) is 5.75 Å². The number of benzene rings is 1. The van der Waals surface area contributed by atoms with Crippen LogP contribution in [-0.2, 0) is 14.6 Å². The fourth-order valence-electron chi connectivity index (χ4n) is 2.57. The molecule has 1 saturated carbocycles. The fourth-order valence-corrected chi connectivity index (χ4v) is 4.77. The third kappa shape index (κ3) is 2.03. The molecule has 3 atom stereocenters. The maximum Gasteiger partial charge on any atom is 0.326 e. The van der Waals surface area contributed by atoms with E-state index in [1.807, 2.05) is 0 Å². The molecule has 0 unspecified atom stereocenters. The molecule has 20 heavy (non-hydrogen) atoms. The largest absolute Gasteiger partial charge is 0.480 e. The maximum absolute atomic E-state index is 12.1. The lowest BCUT2D eigenvalue weighted by Gasteiger charge is -2.02. The SMILES string of the molecule is CCS(=O)(=O)[C@@H]1[C@H](c2ccc(Br)cc2)[C@@]1(C#N)C(=O)O. The third-order valence-corrected chi connectivity index (χ3v) is 6.44. The molecular weight excluding hydrogens is 346 g/mol. The molecule has 0 heterocycles. The molecule has 5 nitrogen and oxygen atoms in total. The van der Waals surface area contributed by atoms with Crippen molar-refractivity contribution in [1.29, 1.82) is 5.26 Å². The quantitative estimate of drug-likeness (QED) is 0.888. The average molecular weight is 358 g/mol. The molecule has 1 aromatic rings. The van der Waals surface area contributed by atoms with Crippen molar-refractivity contribution in [2.45, 2.75) is 18.1 Å². The van der Waals surface area contributed by atoms with E-state index in [0.29, 0.717) is 5.56 Å². The summed E-state index contributed by atoms with van der Waals surface area (Å²) in [5.74, 6) is -2.38. The van der Waals surface area contributed by atoms with Crippen LogP contribution < -0.4 is 0 Å². The number of hydrogen-bond donors (Lipinski definition) is 1. The molecule has 7 heteroatoms. The minimum Gasteiger partial charge on any atom is -0.480 e. The van der Waals surface area contributed by atoms with Gasteiger partial charge < -0.3 is 5.11 Å². The maximum atomic E-state index is 12.1. The number of carboxylic acid groups (broad SMARTS) is 1. The van der Waals surface area contributed by atoms with E-state index in [0.717, 1.165) is 4.47 Å². The van der Waals surface area contributed by atoms with E-state index >= 15 is 0 Å². The predicted octanol–water partition coefficient (Wildman–Crippen LogP) is 1.94. The van der Waals surface area contributed by atoms with Gasteiger partial charge in [0.15, 0.2) is 15.3 Å². The van der Waals surface area contributed by atoms with Gasteiger partial charge in [0.05, 0.1) is 6.07 Å². The van der Waals surface area contributed by atoms with Crippen LogP contribution in [0.15, 0.2) is 28.7 Å². The van der Waals surface area contributed by atoms with Crippen LogP contribution in [0.25, 0.3) is 0 Å². The van der Waals surface area contributed by atoms with E-state index in [1.54, 1.807) is 30.3 Å². The van der Waals surface area contributed by atoms with Gasteiger partial charge in [-0.1, -0.05) is 35.0 Å². The first-order valence-electron chi connectivity index (χ1n) is 5.93. The second-order valence-corrected chi connectivity index (χ2v) is 8.01. The van der Waals surface area contributed by atoms with Crippen molar-refractivity contribution in [2.75, 3.05) is 5.75 Å². The summed E-state index contributed by atoms with van der Waals surface area (Å²) in [4.78, 5) is 11.4. The number of carboxylic acids is 1. The molecule has 0 radical (unpaired) electrons. The van der Waals surface area contributed by atoms with E-state index in [4.69, 9.17) is 0 Å². The van der Waals surface area contributed by atoms with Crippen LogP contribution in [0.5, 0.6) is 0 Å². The summed E-state index contributed by atoms with van der Waals surface area (Å²) in [7, 11) is -3.61. The Labute approximate surface area is 125 Å². The number of nitriles is 1. The zero-order valence-corrected chi connectivity index (χ0v) is 13.0. The summed E-state index contributed by atoms with van der Waals surface area (Å²) in [5, 5.41) is 17.4. The Morgan fingerprint density at radius 2 is 2.00 bits per heavy atom. The van der Waals surface area contributed by atoms with Crippen molar-refractivity contribution in [3.05, 3.63) is 34.3 Å². The minimum atomic E-state index is -3.61. The summed E-state index contributed by atoms with van der Waals surface area (Å²) >= 11 is 3.26. The highest BCUT2D eigenvalue weighted by atomic mass is 79.9. The predicted molar refractivity (Wildman–Crippen MR) is 75.8 cm³/mol. The fraction of sp³-hybridized carbons (Fsp3) is 0.385. The molecule has 0 saturated heterocycles. The monoisotopic (exact) mass is 357 g/mol. The van der Waals surface area contributed by atoms with Gasteiger partial charge in [0.25, 0.3) is 0 Å². The van der Waals surface area contributed by atoms with Gasteiger partial charge in [-0.05, 0) is 17.7 Å². The van der Waals surface area contributed by atoms with Crippen molar-refractivity contribution in [3.63, 3.8) is 0 Å². The summed E-state index contributed by atoms with van der Waals surface area (Å²) in [6.45, 7) is 1.45. The molecule has 1 N–H and O–H groups in total. The molecule has 0 bridgehead atoms. The van der Waals surface area contributed by atoms with E-state index in [1.165, 1.54) is 6.92 Å². The van der Waals surface area contributed by atoms with E-state index in [9.17, 15) is 23.6 Å². The Balaban J connectivity index is 2.54. The topological polar surface area (TPSA) is 95.2 Å². The highest BCUT2D eigenvalue weighted by Gasteiger charge is 2.76. The molecule has 0 aliphatic heterocycles. The van der Waals surface area contributed by atoms with Gasteiger partial charge in [-0.3, -0.25) is 4.79 Å². The number of nitrogens with zero attached hydrogens (tertiary/aromatic N) is 1. The average Bonchev–Trinajstić information content (AvgIpc) is 3.11. The second-order valence-electron chi connectivity index (χ2n) is 4.69. The van der Waals surface area contributed by atoms with Crippen LogP contribution in [0.2, 0.25) is 0 Å². The zero-order valence-electron chi connectivity index (χ0n) is 10.6. The summed E-state index contributed by atoms with van der Waals surface area (Å²) in [6, 6.07) is 8.41. The minimum absolute atomic E-state index is 0.179. The standard InChI is InChI=1S/C13H12BrNO4S/c1-2-20(18,19)11-10(13(11,7-15)12(16)17)8-3-5-9(14)6-4-8/h3-6,10-11H,2H2,1H3,(H,16,17)/t10-,11+,13+/m0/s1. The second kappa shape index (κ2) is 4.86. The molecule has 1 aromatic carbocycles. The van der Waals surface area contributed by atoms with Crippen LogP contribution in [0.4, 0.5) is 0 Å². The van der Waals surface area contributed by atoms with Crippen molar-refractivity contribution >= 4 is 31.7 Å². The van der Waals surface area contributed by atoms with Gasteiger partial charge in [-0.2, -0.15) is 5.26 Å². The molecule has 1 fully saturated rings. The summed E-state index contributed by atoms with van der Waals surface area (Å²) < 4.78 is 24.9. The highest BCUT2D eigenvalue weighted by molar-refractivity contribution is 9.10. The van der Waals surface area contributed by atoms with Gasteiger partial charge >= 0.3 is 5.97 Å². The summed E-state index contributed by atoms with van der Waals surface area (Å²) in [5.41, 5.74) is -1.32. The van der Waals surface area contributed by atoms with Crippen LogP contribution >= 0.6 is 15.9 Å². The van der Waals surface area contributed by atoms with E-state index < -0.39 is 32.4 Å². The Bertz CT molecular complexity index is 692. The van der Waals surface area contributed by atoms with E-state index in [2.05, 4.69) is 15.9 Å². The van der Waals surface area contributed by atoms with Crippen molar-refractivity contribution in [2.24, 2.45) is 5.41 Å². The number of rotatable bonds is 4. The lowest BCUT2D eigenvalue weighted by molar-refractivity contribution is -0.141. The first-order valence-corrected chi connectivity index (χ1v) is 8.43. The van der Waals surface area contributed by atoms with Crippen LogP contribution in [0.1, 0.15) is 18.4 Å². The highest BCUT2D eigenvalue weighted by Crippen LogP contribution is 2.63. The van der Waals surface area contributed by atoms with Crippen molar-refractivity contribution in [3.8, 4) is 6.07 Å². The number of halogens is 1. The third-order valence-electron chi connectivity index (χ3n) is 3.69. The molecule has 1 aliphatic rings. The van der Waals surface area contributed by atoms with Gasteiger partial charge in [0.2, 0.25) is 0 Å². The normalized spacial score (nSPS) is 28.6. The van der Waals surface area contributed by atoms with Crippen LogP contribution in [0, 0.1) is 16.7 Å². The van der Waals surface area contributed by atoms with Crippen molar-refractivity contribution < 1.29 is 18.3 Å². The van der Waals surface area contributed by atoms with Crippen LogP contribution in [-0.4, -0.2) is 30.5 Å². The Kier molecular flexibility index (Phi) is 3.65. The Hall–Kier alpha value is -1.39. The van der Waals surface area contributed by atoms with Gasteiger partial charge in [-0.25, -0.2) is 8.42 Å². The van der Waals surface area contributed by atoms with Gasteiger partial charge in [-0.15, -0.1) is 0 Å². The number of hydrogen-bond acceptors (Lipinski definition) is 4.